The third kappa shape index (κ3) is 3.05. The van der Waals surface area contributed by atoms with E-state index in [1.165, 1.54) is 12.5 Å². The number of rotatable bonds is 3. The largest absolute Gasteiger partial charge is 0.399 e. The van der Waals surface area contributed by atoms with E-state index in [2.05, 4.69) is 10.6 Å². The van der Waals surface area contributed by atoms with Crippen molar-refractivity contribution in [3.05, 3.63) is 35.2 Å². The summed E-state index contributed by atoms with van der Waals surface area (Å²) in [6.07, 6.45) is 1.56. The van der Waals surface area contributed by atoms with Crippen LogP contribution in [-0.4, -0.2) is 33.2 Å². The molecule has 1 amide bonds. The van der Waals surface area contributed by atoms with Crippen molar-refractivity contribution in [2.24, 2.45) is 0 Å². The maximum atomic E-state index is 11.7. The Bertz CT molecular complexity index is 638. The maximum absolute atomic E-state index is 11.7. The lowest BCUT2D eigenvalue weighted by atomic mass is 10.1. The Morgan fingerprint density at radius 1 is 1.42 bits per heavy atom. The number of amides is 1. The van der Waals surface area contributed by atoms with Crippen molar-refractivity contribution in [2.75, 3.05) is 23.9 Å². The van der Waals surface area contributed by atoms with Crippen LogP contribution >= 0.6 is 0 Å². The molecule has 0 aromatic heterocycles. The lowest BCUT2D eigenvalue weighted by Gasteiger charge is -2.15. The van der Waals surface area contributed by atoms with E-state index in [0.717, 1.165) is 0 Å². The lowest BCUT2D eigenvalue weighted by molar-refractivity contribution is 0.0964. The number of nitrogen functional groups attached to an aromatic ring is 1. The molecule has 0 saturated heterocycles. The Balaban J connectivity index is 2.27. The number of sulfone groups is 1. The van der Waals surface area contributed by atoms with E-state index < -0.39 is 9.84 Å². The molecule has 6 nitrogen and oxygen atoms in total. The average Bonchev–Trinajstić information content (AvgIpc) is 2.68. The Kier molecular flexibility index (Phi) is 3.48. The van der Waals surface area contributed by atoms with Crippen molar-refractivity contribution in [2.45, 2.75) is 6.04 Å². The first-order valence-electron chi connectivity index (χ1n) is 5.70. The standard InChI is InChI=1S/C12H15N3O3S/c1-14-12(16)10-3-2-8(13)6-11(10)15-9-4-5-19(17,18)7-9/h2-6,9,15H,7,13H2,1H3,(H,14,16). The molecule has 7 heteroatoms. The summed E-state index contributed by atoms with van der Waals surface area (Å²) in [6.45, 7) is 0. The molecule has 0 fully saturated rings. The van der Waals surface area contributed by atoms with Crippen molar-refractivity contribution in [1.82, 2.24) is 5.32 Å². The van der Waals surface area contributed by atoms with Gasteiger partial charge in [0.2, 0.25) is 0 Å². The minimum atomic E-state index is -3.14. The number of hydrogen-bond donors (Lipinski definition) is 3. The SMILES string of the molecule is CNC(=O)c1ccc(N)cc1NC1C=CS(=O)(=O)C1. The fourth-order valence-corrected chi connectivity index (χ4v) is 3.11. The van der Waals surface area contributed by atoms with Gasteiger partial charge < -0.3 is 16.4 Å². The van der Waals surface area contributed by atoms with Gasteiger partial charge in [0, 0.05) is 23.8 Å². The van der Waals surface area contributed by atoms with Crippen LogP contribution in [0.5, 0.6) is 0 Å². The summed E-state index contributed by atoms with van der Waals surface area (Å²) < 4.78 is 22.7. The summed E-state index contributed by atoms with van der Waals surface area (Å²) in [7, 11) is -1.61. The predicted octanol–water partition coefficient (Wildman–Crippen LogP) is 0.351. The third-order valence-corrected chi connectivity index (χ3v) is 4.18. The maximum Gasteiger partial charge on any atom is 0.253 e. The second-order valence-electron chi connectivity index (χ2n) is 4.29. The van der Waals surface area contributed by atoms with Crippen LogP contribution in [0.3, 0.4) is 0 Å². The van der Waals surface area contributed by atoms with Gasteiger partial charge in [-0.2, -0.15) is 0 Å². The molecule has 0 bridgehead atoms. The van der Waals surface area contributed by atoms with Gasteiger partial charge in [0.25, 0.3) is 5.91 Å². The van der Waals surface area contributed by atoms with Crippen LogP contribution in [0.15, 0.2) is 29.7 Å². The van der Waals surface area contributed by atoms with Gasteiger partial charge in [0.05, 0.1) is 17.4 Å². The molecular weight excluding hydrogens is 266 g/mol. The molecule has 1 aliphatic heterocycles. The molecule has 1 aromatic rings. The molecule has 4 N–H and O–H groups in total. The van der Waals surface area contributed by atoms with Gasteiger partial charge in [-0.15, -0.1) is 0 Å². The summed E-state index contributed by atoms with van der Waals surface area (Å²) in [5.74, 6) is -0.276. The van der Waals surface area contributed by atoms with E-state index in [4.69, 9.17) is 5.73 Å². The normalized spacial score (nSPS) is 20.2. The zero-order chi connectivity index (χ0) is 14.0. The van der Waals surface area contributed by atoms with Crippen molar-refractivity contribution in [3.63, 3.8) is 0 Å². The summed E-state index contributed by atoms with van der Waals surface area (Å²) in [5.41, 5.74) is 7.13. The molecular formula is C12H15N3O3S. The third-order valence-electron chi connectivity index (χ3n) is 2.79. The van der Waals surface area contributed by atoms with Gasteiger partial charge in [-0.25, -0.2) is 8.42 Å². The highest BCUT2D eigenvalue weighted by Crippen LogP contribution is 2.22. The van der Waals surface area contributed by atoms with Crippen molar-refractivity contribution in [3.8, 4) is 0 Å². The number of benzene rings is 1. The first kappa shape index (κ1) is 13.4. The zero-order valence-electron chi connectivity index (χ0n) is 10.4. The topological polar surface area (TPSA) is 101 Å². The lowest BCUT2D eigenvalue weighted by Crippen LogP contribution is -2.25. The molecule has 102 valence electrons. The predicted molar refractivity (Wildman–Crippen MR) is 74.6 cm³/mol. The van der Waals surface area contributed by atoms with E-state index in [1.54, 1.807) is 24.3 Å². The number of carbonyl (C=O) groups is 1. The first-order valence-corrected chi connectivity index (χ1v) is 7.42. The van der Waals surface area contributed by atoms with Crippen LogP contribution in [0.4, 0.5) is 11.4 Å². The van der Waals surface area contributed by atoms with Gasteiger partial charge in [-0.1, -0.05) is 6.08 Å². The molecule has 0 radical (unpaired) electrons. The molecule has 1 unspecified atom stereocenters. The van der Waals surface area contributed by atoms with Crippen molar-refractivity contribution >= 4 is 27.1 Å². The molecule has 1 atom stereocenters. The second-order valence-corrected chi connectivity index (χ2v) is 6.22. The molecule has 0 spiro atoms. The van der Waals surface area contributed by atoms with Crippen LogP contribution in [0, 0.1) is 0 Å². The second kappa shape index (κ2) is 4.93. The highest BCUT2D eigenvalue weighted by atomic mass is 32.2. The van der Waals surface area contributed by atoms with Gasteiger partial charge >= 0.3 is 0 Å². The summed E-state index contributed by atoms with van der Waals surface area (Å²) in [4.78, 5) is 11.7. The summed E-state index contributed by atoms with van der Waals surface area (Å²) in [6, 6.07) is 4.49. The van der Waals surface area contributed by atoms with Crippen LogP contribution in [0.2, 0.25) is 0 Å². The van der Waals surface area contributed by atoms with Gasteiger partial charge in [-0.05, 0) is 18.2 Å². The fraction of sp³-hybridized carbons (Fsp3) is 0.250. The van der Waals surface area contributed by atoms with Crippen LogP contribution in [-0.2, 0) is 9.84 Å². The van der Waals surface area contributed by atoms with E-state index in [-0.39, 0.29) is 17.7 Å². The highest BCUT2D eigenvalue weighted by molar-refractivity contribution is 7.94. The molecule has 0 aliphatic carbocycles. The molecule has 1 aromatic carbocycles. The molecule has 1 aliphatic rings. The fourth-order valence-electron chi connectivity index (χ4n) is 1.88. The van der Waals surface area contributed by atoms with Gasteiger partial charge in [0.15, 0.2) is 9.84 Å². The van der Waals surface area contributed by atoms with Gasteiger partial charge in [0.1, 0.15) is 0 Å². The van der Waals surface area contributed by atoms with Crippen LogP contribution < -0.4 is 16.4 Å². The number of carbonyl (C=O) groups excluding carboxylic acids is 1. The van der Waals surface area contributed by atoms with E-state index in [1.807, 2.05) is 0 Å². The minimum absolute atomic E-state index is 0.0189. The van der Waals surface area contributed by atoms with Crippen LogP contribution in [0.1, 0.15) is 10.4 Å². The summed E-state index contributed by atoms with van der Waals surface area (Å²) >= 11 is 0. The van der Waals surface area contributed by atoms with E-state index >= 15 is 0 Å². The Morgan fingerprint density at radius 2 is 2.16 bits per heavy atom. The van der Waals surface area contributed by atoms with Crippen LogP contribution in [0.25, 0.3) is 0 Å². The number of nitrogens with two attached hydrogens (primary N) is 1. The van der Waals surface area contributed by atoms with E-state index in [0.29, 0.717) is 16.9 Å². The monoisotopic (exact) mass is 281 g/mol. The Hall–Kier alpha value is -2.02. The number of anilines is 2. The smallest absolute Gasteiger partial charge is 0.253 e. The molecule has 19 heavy (non-hydrogen) atoms. The minimum Gasteiger partial charge on any atom is -0.399 e. The molecule has 2 rings (SSSR count). The van der Waals surface area contributed by atoms with Crippen molar-refractivity contribution < 1.29 is 13.2 Å². The van der Waals surface area contributed by atoms with E-state index in [9.17, 15) is 13.2 Å². The van der Waals surface area contributed by atoms with Gasteiger partial charge in [-0.3, -0.25) is 4.79 Å². The summed E-state index contributed by atoms with van der Waals surface area (Å²) in [5, 5.41) is 6.72. The quantitative estimate of drug-likeness (QED) is 0.694. The number of hydrogen-bond acceptors (Lipinski definition) is 5. The Morgan fingerprint density at radius 3 is 2.74 bits per heavy atom. The average molecular weight is 281 g/mol. The zero-order valence-corrected chi connectivity index (χ0v) is 11.2. The molecule has 0 saturated carbocycles. The first-order chi connectivity index (χ1) is 8.91. The highest BCUT2D eigenvalue weighted by Gasteiger charge is 2.22. The van der Waals surface area contributed by atoms with Crippen molar-refractivity contribution in [1.29, 1.82) is 0 Å². The Labute approximate surface area is 111 Å². The molecule has 1 heterocycles. The number of nitrogens with one attached hydrogen (secondary N) is 2.